The van der Waals surface area contributed by atoms with E-state index in [4.69, 9.17) is 9.47 Å². The third-order valence-corrected chi connectivity index (χ3v) is 4.59. The van der Waals surface area contributed by atoms with E-state index in [0.29, 0.717) is 18.8 Å². The molecule has 2 aromatic rings. The molecular weight excluding hydrogens is 368 g/mol. The average Bonchev–Trinajstić information content (AvgIpc) is 2.69. The van der Waals surface area contributed by atoms with E-state index < -0.39 is 6.04 Å². The Balaban J connectivity index is 2.15. The Morgan fingerprint density at radius 1 is 1.03 bits per heavy atom. The topological polar surface area (TPSA) is 67.9 Å². The molecule has 0 bridgehead atoms. The molecule has 1 N–H and O–H groups in total. The summed E-state index contributed by atoms with van der Waals surface area (Å²) >= 11 is 0. The molecule has 1 atom stereocenters. The van der Waals surface area contributed by atoms with Gasteiger partial charge >= 0.3 is 0 Å². The van der Waals surface area contributed by atoms with Crippen LogP contribution in [0.3, 0.4) is 0 Å². The fourth-order valence-corrected chi connectivity index (χ4v) is 3.08. The van der Waals surface area contributed by atoms with Crippen LogP contribution >= 0.6 is 0 Å². The number of amides is 2. The van der Waals surface area contributed by atoms with Gasteiger partial charge in [0.15, 0.2) is 6.61 Å². The van der Waals surface area contributed by atoms with Crippen LogP contribution < -0.4 is 14.8 Å². The van der Waals surface area contributed by atoms with Gasteiger partial charge in [0.05, 0.1) is 7.11 Å². The van der Waals surface area contributed by atoms with Crippen molar-refractivity contribution in [1.29, 1.82) is 0 Å². The summed E-state index contributed by atoms with van der Waals surface area (Å²) in [6, 6.07) is 12.6. The lowest BCUT2D eigenvalue weighted by molar-refractivity contribution is -0.142. The lowest BCUT2D eigenvalue weighted by atomic mass is 10.1. The number of benzene rings is 2. The van der Waals surface area contributed by atoms with Gasteiger partial charge in [0.2, 0.25) is 5.91 Å². The Hall–Kier alpha value is -3.02. The molecule has 0 fully saturated rings. The van der Waals surface area contributed by atoms with Gasteiger partial charge in [-0.3, -0.25) is 9.59 Å². The molecule has 0 saturated heterocycles. The van der Waals surface area contributed by atoms with Crippen molar-refractivity contribution < 1.29 is 19.1 Å². The van der Waals surface area contributed by atoms with Crippen LogP contribution in [0.2, 0.25) is 0 Å². The number of rotatable bonds is 9. The van der Waals surface area contributed by atoms with Gasteiger partial charge in [0, 0.05) is 13.1 Å². The normalized spacial score (nSPS) is 11.5. The molecule has 2 aromatic carbocycles. The minimum atomic E-state index is -0.618. The summed E-state index contributed by atoms with van der Waals surface area (Å²) in [6.07, 6.45) is 0. The van der Waals surface area contributed by atoms with E-state index in [1.165, 1.54) is 4.90 Å². The number of hydrogen-bond donors (Lipinski definition) is 1. The number of nitrogens with one attached hydrogen (secondary N) is 1. The Bertz CT molecular complexity index is 813. The molecule has 6 nitrogen and oxygen atoms in total. The van der Waals surface area contributed by atoms with E-state index in [-0.39, 0.29) is 18.4 Å². The second-order valence-electron chi connectivity index (χ2n) is 7.05. The van der Waals surface area contributed by atoms with Crippen LogP contribution in [-0.4, -0.2) is 43.0 Å². The molecule has 0 saturated carbocycles. The van der Waals surface area contributed by atoms with E-state index in [9.17, 15) is 9.59 Å². The highest BCUT2D eigenvalue weighted by molar-refractivity contribution is 5.87. The molecule has 0 aliphatic rings. The van der Waals surface area contributed by atoms with Gasteiger partial charge in [-0.05, 0) is 68.7 Å². The first-order chi connectivity index (χ1) is 13.8. The number of carbonyl (C=O) groups excluding carboxylic acids is 2. The SMILES string of the molecule is CCNC(=O)C(C)N(Cc1ccc(OC)cc1)C(=O)COc1cc(C)cc(C)c1. The van der Waals surface area contributed by atoms with Gasteiger partial charge in [-0.15, -0.1) is 0 Å². The largest absolute Gasteiger partial charge is 0.497 e. The van der Waals surface area contributed by atoms with E-state index in [1.807, 2.05) is 63.2 Å². The molecule has 6 heteroatoms. The van der Waals surface area contributed by atoms with Crippen LogP contribution in [0.5, 0.6) is 11.5 Å². The average molecular weight is 399 g/mol. The number of likely N-dealkylation sites (N-methyl/N-ethyl adjacent to an activating group) is 1. The van der Waals surface area contributed by atoms with Crippen molar-refractivity contribution in [3.05, 3.63) is 59.2 Å². The molecule has 0 radical (unpaired) electrons. The summed E-state index contributed by atoms with van der Waals surface area (Å²) < 4.78 is 10.9. The maximum atomic E-state index is 13.0. The summed E-state index contributed by atoms with van der Waals surface area (Å²) in [5.41, 5.74) is 3.04. The fourth-order valence-electron chi connectivity index (χ4n) is 3.08. The van der Waals surface area contributed by atoms with Crippen molar-refractivity contribution in [2.24, 2.45) is 0 Å². The number of carbonyl (C=O) groups is 2. The van der Waals surface area contributed by atoms with Crippen molar-refractivity contribution in [2.45, 2.75) is 40.3 Å². The number of nitrogens with zero attached hydrogens (tertiary/aromatic N) is 1. The molecule has 0 aliphatic carbocycles. The maximum Gasteiger partial charge on any atom is 0.261 e. The van der Waals surface area contributed by atoms with E-state index in [0.717, 1.165) is 22.4 Å². The lowest BCUT2D eigenvalue weighted by Gasteiger charge is -2.28. The van der Waals surface area contributed by atoms with Crippen molar-refractivity contribution >= 4 is 11.8 Å². The Kier molecular flexibility index (Phi) is 8.07. The molecular formula is C23H30N2O4. The molecule has 0 aliphatic heterocycles. The summed E-state index contributed by atoms with van der Waals surface area (Å²) in [5.74, 6) is 0.937. The highest BCUT2D eigenvalue weighted by Gasteiger charge is 2.26. The zero-order valence-electron chi connectivity index (χ0n) is 17.8. The van der Waals surface area contributed by atoms with Crippen LogP contribution in [0.4, 0.5) is 0 Å². The summed E-state index contributed by atoms with van der Waals surface area (Å²) in [6.45, 7) is 8.21. The third kappa shape index (κ3) is 6.52. The van der Waals surface area contributed by atoms with Crippen molar-refractivity contribution in [2.75, 3.05) is 20.3 Å². The van der Waals surface area contributed by atoms with E-state index >= 15 is 0 Å². The molecule has 0 heterocycles. The highest BCUT2D eigenvalue weighted by Crippen LogP contribution is 2.18. The minimum Gasteiger partial charge on any atom is -0.497 e. The van der Waals surface area contributed by atoms with Gasteiger partial charge in [-0.2, -0.15) is 0 Å². The zero-order valence-corrected chi connectivity index (χ0v) is 17.8. The second-order valence-corrected chi connectivity index (χ2v) is 7.05. The first-order valence-electron chi connectivity index (χ1n) is 9.75. The predicted molar refractivity (Wildman–Crippen MR) is 113 cm³/mol. The number of ether oxygens (including phenoxy) is 2. The first kappa shape index (κ1) is 22.3. The fraction of sp³-hybridized carbons (Fsp3) is 0.391. The molecule has 2 rings (SSSR count). The van der Waals surface area contributed by atoms with Gasteiger partial charge in [0.1, 0.15) is 17.5 Å². The predicted octanol–water partition coefficient (Wildman–Crippen LogP) is 3.24. The molecule has 156 valence electrons. The first-order valence-corrected chi connectivity index (χ1v) is 9.75. The standard InChI is InChI=1S/C23H30N2O4/c1-6-24-23(27)18(4)25(14-19-7-9-20(28-5)10-8-19)22(26)15-29-21-12-16(2)11-17(3)13-21/h7-13,18H,6,14-15H2,1-5H3,(H,24,27). The Morgan fingerprint density at radius 3 is 2.21 bits per heavy atom. The summed E-state index contributed by atoms with van der Waals surface area (Å²) in [7, 11) is 1.60. The van der Waals surface area contributed by atoms with E-state index in [1.54, 1.807) is 14.0 Å². The molecule has 29 heavy (non-hydrogen) atoms. The highest BCUT2D eigenvalue weighted by atomic mass is 16.5. The quantitative estimate of drug-likeness (QED) is 0.704. The number of hydrogen-bond acceptors (Lipinski definition) is 4. The van der Waals surface area contributed by atoms with Gasteiger partial charge < -0.3 is 19.7 Å². The molecule has 1 unspecified atom stereocenters. The van der Waals surface area contributed by atoms with Crippen molar-refractivity contribution in [3.63, 3.8) is 0 Å². The van der Waals surface area contributed by atoms with Crippen LogP contribution in [-0.2, 0) is 16.1 Å². The van der Waals surface area contributed by atoms with Crippen LogP contribution in [0, 0.1) is 13.8 Å². The lowest BCUT2D eigenvalue weighted by Crippen LogP contribution is -2.49. The van der Waals surface area contributed by atoms with E-state index in [2.05, 4.69) is 5.32 Å². The van der Waals surface area contributed by atoms with Gasteiger partial charge in [0.25, 0.3) is 5.91 Å². The van der Waals surface area contributed by atoms with Gasteiger partial charge in [-0.25, -0.2) is 0 Å². The smallest absolute Gasteiger partial charge is 0.261 e. The maximum absolute atomic E-state index is 13.0. The van der Waals surface area contributed by atoms with Crippen LogP contribution in [0.25, 0.3) is 0 Å². The molecule has 0 spiro atoms. The monoisotopic (exact) mass is 398 g/mol. The van der Waals surface area contributed by atoms with Gasteiger partial charge in [-0.1, -0.05) is 18.2 Å². The number of methoxy groups -OCH3 is 1. The summed E-state index contributed by atoms with van der Waals surface area (Å²) in [4.78, 5) is 26.9. The second kappa shape index (κ2) is 10.5. The van der Waals surface area contributed by atoms with Crippen LogP contribution in [0.1, 0.15) is 30.5 Å². The van der Waals surface area contributed by atoms with Crippen molar-refractivity contribution in [3.8, 4) is 11.5 Å². The Morgan fingerprint density at radius 2 is 1.66 bits per heavy atom. The number of aryl methyl sites for hydroxylation is 2. The summed E-state index contributed by atoms with van der Waals surface area (Å²) in [5, 5.41) is 2.78. The molecule has 2 amide bonds. The Labute approximate surface area is 172 Å². The van der Waals surface area contributed by atoms with Crippen LogP contribution in [0.15, 0.2) is 42.5 Å². The molecule has 0 aromatic heterocycles. The third-order valence-electron chi connectivity index (χ3n) is 4.59. The van der Waals surface area contributed by atoms with Crippen molar-refractivity contribution in [1.82, 2.24) is 10.2 Å². The zero-order chi connectivity index (χ0) is 21.4. The minimum absolute atomic E-state index is 0.136.